The highest BCUT2D eigenvalue weighted by Gasteiger charge is 2.10. The molecule has 0 aliphatic carbocycles. The molecule has 15 heavy (non-hydrogen) atoms. The quantitative estimate of drug-likeness (QED) is 0.438. The molecule has 4 nitrogen and oxygen atoms in total. The van der Waals surface area contributed by atoms with Gasteiger partial charge in [-0.25, -0.2) is 0 Å². The monoisotopic (exact) mass is 259 g/mol. The first-order chi connectivity index (χ1) is 6.56. The van der Waals surface area contributed by atoms with Crippen molar-refractivity contribution in [2.75, 3.05) is 19.3 Å². The van der Waals surface area contributed by atoms with Crippen molar-refractivity contribution in [3.05, 3.63) is 0 Å². The Morgan fingerprint density at radius 1 is 1.07 bits per heavy atom. The lowest BCUT2D eigenvalue weighted by atomic mass is 10.1. The molecule has 0 saturated carbocycles. The first-order valence-electron chi connectivity index (χ1n) is 5.31. The Kier molecular flexibility index (Phi) is 12.9. The molecule has 0 rings (SSSR count). The number of unbranched alkanes of at least 4 members (excludes halogenated alkanes) is 4. The molecule has 0 aliphatic rings. The standard InChI is InChI=1S/C9H22NO3P.ClH/c1-2-3-4-5-6-7-10-8-9-14(11,12)13;/h10H,2-9H2,1H3,(H2,11,12,13);1H. The summed E-state index contributed by atoms with van der Waals surface area (Å²) in [6.07, 6.45) is 6.03. The van der Waals surface area contributed by atoms with E-state index >= 15 is 0 Å². The molecule has 0 bridgehead atoms. The third kappa shape index (κ3) is 17.0. The Balaban J connectivity index is 0. The van der Waals surface area contributed by atoms with Crippen LogP contribution in [0.1, 0.15) is 39.0 Å². The summed E-state index contributed by atoms with van der Waals surface area (Å²) in [7, 11) is -3.79. The minimum absolute atomic E-state index is 0. The number of halogens is 1. The maximum absolute atomic E-state index is 10.5. The first-order valence-corrected chi connectivity index (χ1v) is 7.11. The van der Waals surface area contributed by atoms with Crippen molar-refractivity contribution in [3.63, 3.8) is 0 Å². The van der Waals surface area contributed by atoms with Gasteiger partial charge in [0.15, 0.2) is 0 Å². The minimum atomic E-state index is -3.79. The number of hydrogen-bond donors (Lipinski definition) is 3. The molecular weight excluding hydrogens is 237 g/mol. The van der Waals surface area contributed by atoms with Gasteiger partial charge in [0.25, 0.3) is 0 Å². The lowest BCUT2D eigenvalue weighted by Crippen LogP contribution is -2.19. The van der Waals surface area contributed by atoms with Gasteiger partial charge in [-0.2, -0.15) is 0 Å². The molecule has 0 spiro atoms. The van der Waals surface area contributed by atoms with Gasteiger partial charge in [-0.3, -0.25) is 4.57 Å². The molecule has 0 amide bonds. The van der Waals surface area contributed by atoms with Crippen LogP contribution in [0.5, 0.6) is 0 Å². The third-order valence-electron chi connectivity index (χ3n) is 2.04. The van der Waals surface area contributed by atoms with Crippen LogP contribution in [-0.4, -0.2) is 29.0 Å². The molecule has 0 heterocycles. The van der Waals surface area contributed by atoms with E-state index in [1.54, 1.807) is 0 Å². The van der Waals surface area contributed by atoms with E-state index in [-0.39, 0.29) is 18.6 Å². The first kappa shape index (κ1) is 17.8. The molecule has 0 saturated heterocycles. The summed E-state index contributed by atoms with van der Waals surface area (Å²) in [4.78, 5) is 17.1. The summed E-state index contributed by atoms with van der Waals surface area (Å²) in [5.74, 6) is 0. The molecule has 0 aliphatic heterocycles. The summed E-state index contributed by atoms with van der Waals surface area (Å²) in [6, 6.07) is 0. The van der Waals surface area contributed by atoms with E-state index in [1.807, 2.05) is 0 Å². The van der Waals surface area contributed by atoms with E-state index in [0.717, 1.165) is 13.0 Å². The Labute approximate surface area is 98.4 Å². The minimum Gasteiger partial charge on any atom is -0.324 e. The van der Waals surface area contributed by atoms with E-state index in [9.17, 15) is 4.57 Å². The van der Waals surface area contributed by atoms with Crippen LogP contribution in [0.25, 0.3) is 0 Å². The van der Waals surface area contributed by atoms with Crippen molar-refractivity contribution in [3.8, 4) is 0 Å². The van der Waals surface area contributed by atoms with Crippen LogP contribution in [0.15, 0.2) is 0 Å². The predicted molar refractivity (Wildman–Crippen MR) is 65.8 cm³/mol. The fraction of sp³-hybridized carbons (Fsp3) is 1.00. The van der Waals surface area contributed by atoms with Crippen molar-refractivity contribution >= 4 is 20.0 Å². The third-order valence-corrected chi connectivity index (χ3v) is 2.84. The fourth-order valence-electron chi connectivity index (χ4n) is 1.20. The van der Waals surface area contributed by atoms with Crippen LogP contribution >= 0.6 is 20.0 Å². The summed E-state index contributed by atoms with van der Waals surface area (Å²) in [6.45, 7) is 3.46. The van der Waals surface area contributed by atoms with Crippen molar-refractivity contribution in [2.24, 2.45) is 0 Å². The SMILES string of the molecule is CCCCCCCNCCP(=O)(O)O.Cl. The topological polar surface area (TPSA) is 69.6 Å². The average Bonchev–Trinajstić information content (AvgIpc) is 2.08. The Hall–Kier alpha value is 0.400. The highest BCUT2D eigenvalue weighted by Crippen LogP contribution is 2.32. The van der Waals surface area contributed by atoms with E-state index < -0.39 is 7.60 Å². The van der Waals surface area contributed by atoms with E-state index in [2.05, 4.69) is 12.2 Å². The summed E-state index contributed by atoms with van der Waals surface area (Å²) in [5.41, 5.74) is 0. The van der Waals surface area contributed by atoms with Crippen molar-refractivity contribution in [1.82, 2.24) is 5.32 Å². The van der Waals surface area contributed by atoms with Gasteiger partial charge in [0.2, 0.25) is 0 Å². The van der Waals surface area contributed by atoms with Gasteiger partial charge in [-0.05, 0) is 13.0 Å². The Morgan fingerprint density at radius 2 is 1.67 bits per heavy atom. The van der Waals surface area contributed by atoms with Crippen LogP contribution in [0, 0.1) is 0 Å². The maximum atomic E-state index is 10.5. The smallest absolute Gasteiger partial charge is 0.324 e. The maximum Gasteiger partial charge on any atom is 0.326 e. The molecule has 0 fully saturated rings. The van der Waals surface area contributed by atoms with Crippen molar-refractivity contribution < 1.29 is 14.4 Å². The average molecular weight is 260 g/mol. The van der Waals surface area contributed by atoms with Gasteiger partial charge < -0.3 is 15.1 Å². The molecule has 94 valence electrons. The fourth-order valence-corrected chi connectivity index (χ4v) is 1.65. The molecule has 0 unspecified atom stereocenters. The van der Waals surface area contributed by atoms with Gasteiger partial charge >= 0.3 is 7.60 Å². The van der Waals surface area contributed by atoms with E-state index in [0.29, 0.717) is 6.54 Å². The van der Waals surface area contributed by atoms with Crippen LogP contribution in [-0.2, 0) is 4.57 Å². The Bertz CT molecular complexity index is 175. The number of hydrogen-bond acceptors (Lipinski definition) is 2. The molecular formula is C9H23ClNO3P. The molecule has 0 aromatic heterocycles. The lowest BCUT2D eigenvalue weighted by Gasteiger charge is -2.05. The van der Waals surface area contributed by atoms with Crippen LogP contribution in [0.3, 0.4) is 0 Å². The summed E-state index contributed by atoms with van der Waals surface area (Å²) in [5, 5.41) is 3.03. The highest BCUT2D eigenvalue weighted by molar-refractivity contribution is 7.51. The van der Waals surface area contributed by atoms with E-state index in [4.69, 9.17) is 9.79 Å². The number of nitrogens with one attached hydrogen (secondary N) is 1. The molecule has 3 N–H and O–H groups in total. The molecule has 0 radical (unpaired) electrons. The second kappa shape index (κ2) is 10.9. The van der Waals surface area contributed by atoms with Gasteiger partial charge in [-0.15, -0.1) is 12.4 Å². The zero-order chi connectivity index (χ0) is 10.9. The second-order valence-corrected chi connectivity index (χ2v) is 5.33. The van der Waals surface area contributed by atoms with Gasteiger partial charge in [0.05, 0.1) is 6.16 Å². The summed E-state index contributed by atoms with van der Waals surface area (Å²) >= 11 is 0. The van der Waals surface area contributed by atoms with Gasteiger partial charge in [-0.1, -0.05) is 32.6 Å². The zero-order valence-corrected chi connectivity index (χ0v) is 11.0. The molecule has 0 aromatic rings. The van der Waals surface area contributed by atoms with Crippen molar-refractivity contribution in [2.45, 2.75) is 39.0 Å². The molecule has 0 aromatic carbocycles. The van der Waals surface area contributed by atoms with Crippen LogP contribution in [0.4, 0.5) is 0 Å². The summed E-state index contributed by atoms with van der Waals surface area (Å²) < 4.78 is 10.5. The van der Waals surface area contributed by atoms with Crippen molar-refractivity contribution in [1.29, 1.82) is 0 Å². The molecule has 0 atom stereocenters. The normalized spacial score (nSPS) is 11.1. The largest absolute Gasteiger partial charge is 0.326 e. The highest BCUT2D eigenvalue weighted by atomic mass is 35.5. The second-order valence-electron chi connectivity index (χ2n) is 3.55. The van der Waals surface area contributed by atoms with Gasteiger partial charge in [0, 0.05) is 6.54 Å². The number of rotatable bonds is 9. The van der Waals surface area contributed by atoms with Crippen LogP contribution < -0.4 is 5.32 Å². The van der Waals surface area contributed by atoms with Crippen LogP contribution in [0.2, 0.25) is 0 Å². The molecule has 6 heteroatoms. The lowest BCUT2D eigenvalue weighted by molar-refractivity contribution is 0.371. The van der Waals surface area contributed by atoms with Gasteiger partial charge in [0.1, 0.15) is 0 Å². The predicted octanol–water partition coefficient (Wildman–Crippen LogP) is 2.15. The van der Waals surface area contributed by atoms with E-state index in [1.165, 1.54) is 25.7 Å². The Morgan fingerprint density at radius 3 is 2.20 bits per heavy atom. The zero-order valence-electron chi connectivity index (χ0n) is 9.31.